The molecule has 1 saturated heterocycles. The molecule has 0 radical (unpaired) electrons. The van der Waals surface area contributed by atoms with E-state index in [0.29, 0.717) is 38.0 Å². The third-order valence-electron chi connectivity index (χ3n) is 6.94. The second-order valence-corrected chi connectivity index (χ2v) is 11.1. The summed E-state index contributed by atoms with van der Waals surface area (Å²) in [6.07, 6.45) is 1.21. The number of aliphatic hydroxyl groups is 1. The maximum Gasteiger partial charge on any atom is 0.313 e. The lowest BCUT2D eigenvalue weighted by Gasteiger charge is -2.38. The van der Waals surface area contributed by atoms with Crippen LogP contribution in [0.1, 0.15) is 41.3 Å². The van der Waals surface area contributed by atoms with E-state index in [1.165, 1.54) is 17.0 Å². The predicted molar refractivity (Wildman–Crippen MR) is 156 cm³/mol. The molecule has 7 nitrogen and oxygen atoms in total. The highest BCUT2D eigenvalue weighted by Gasteiger charge is 2.35. The van der Waals surface area contributed by atoms with Crippen molar-refractivity contribution in [3.8, 4) is 0 Å². The SMILES string of the molecule is CCN(Cc1ccccc1)C(=O)c1cc(NC(=O)C(=O)N2CCC(O)(Cc3cccc(Br)c3)CC2)ccc1Cl. The van der Waals surface area contributed by atoms with Gasteiger partial charge in [0.15, 0.2) is 0 Å². The molecule has 0 bridgehead atoms. The van der Waals surface area contributed by atoms with Crippen molar-refractivity contribution in [3.63, 3.8) is 0 Å². The average Bonchev–Trinajstić information content (AvgIpc) is 2.93. The fourth-order valence-corrected chi connectivity index (χ4v) is 5.37. The van der Waals surface area contributed by atoms with Crippen molar-refractivity contribution in [1.29, 1.82) is 0 Å². The highest BCUT2D eigenvalue weighted by Crippen LogP contribution is 2.28. The van der Waals surface area contributed by atoms with Crippen LogP contribution in [0.15, 0.2) is 77.3 Å². The summed E-state index contributed by atoms with van der Waals surface area (Å²) in [6.45, 7) is 3.32. The van der Waals surface area contributed by atoms with Crippen molar-refractivity contribution < 1.29 is 19.5 Å². The average molecular weight is 613 g/mol. The molecule has 3 aromatic rings. The molecule has 0 spiro atoms. The van der Waals surface area contributed by atoms with Gasteiger partial charge in [-0.05, 0) is 61.2 Å². The largest absolute Gasteiger partial charge is 0.389 e. The first-order valence-corrected chi connectivity index (χ1v) is 14.0. The Bertz CT molecular complexity index is 1340. The van der Waals surface area contributed by atoms with Crippen molar-refractivity contribution >= 4 is 50.9 Å². The molecule has 2 N–H and O–H groups in total. The maximum absolute atomic E-state index is 13.3. The normalized spacial score (nSPS) is 14.5. The molecule has 0 aliphatic carbocycles. The molecular formula is C30H31BrClN3O4. The third kappa shape index (κ3) is 7.47. The molecule has 9 heteroatoms. The van der Waals surface area contributed by atoms with Crippen LogP contribution in [0, 0.1) is 0 Å². The smallest absolute Gasteiger partial charge is 0.313 e. The van der Waals surface area contributed by atoms with Crippen molar-refractivity contribution in [2.45, 2.75) is 38.3 Å². The number of carbonyl (C=O) groups is 3. The van der Waals surface area contributed by atoms with Gasteiger partial charge in [-0.15, -0.1) is 0 Å². The number of amides is 3. The second kappa shape index (κ2) is 12.8. The zero-order chi connectivity index (χ0) is 28.0. The molecule has 1 heterocycles. The molecule has 0 atom stereocenters. The molecule has 0 saturated carbocycles. The van der Waals surface area contributed by atoms with Crippen LogP contribution in [0.25, 0.3) is 0 Å². The minimum atomic E-state index is -0.940. The quantitative estimate of drug-likeness (QED) is 0.355. The number of nitrogens with one attached hydrogen (secondary N) is 1. The van der Waals surface area contributed by atoms with E-state index in [4.69, 9.17) is 11.6 Å². The monoisotopic (exact) mass is 611 g/mol. The van der Waals surface area contributed by atoms with Gasteiger partial charge in [-0.1, -0.05) is 70.0 Å². The molecule has 0 aromatic heterocycles. The lowest BCUT2D eigenvalue weighted by Crippen LogP contribution is -2.50. The number of halogens is 2. The zero-order valence-electron chi connectivity index (χ0n) is 21.7. The van der Waals surface area contributed by atoms with Gasteiger partial charge in [-0.25, -0.2) is 0 Å². The zero-order valence-corrected chi connectivity index (χ0v) is 24.0. The van der Waals surface area contributed by atoms with Crippen molar-refractivity contribution in [1.82, 2.24) is 9.80 Å². The van der Waals surface area contributed by atoms with Crippen molar-refractivity contribution in [2.75, 3.05) is 25.0 Å². The number of hydrogen-bond donors (Lipinski definition) is 2. The van der Waals surface area contributed by atoms with Gasteiger partial charge in [-0.3, -0.25) is 14.4 Å². The van der Waals surface area contributed by atoms with Gasteiger partial charge in [-0.2, -0.15) is 0 Å². The summed E-state index contributed by atoms with van der Waals surface area (Å²) < 4.78 is 0.943. The second-order valence-electron chi connectivity index (χ2n) is 9.78. The van der Waals surface area contributed by atoms with Gasteiger partial charge in [0.2, 0.25) is 0 Å². The Morgan fingerprint density at radius 1 is 1.00 bits per heavy atom. The predicted octanol–water partition coefficient (Wildman–Crippen LogP) is 5.30. The van der Waals surface area contributed by atoms with Crippen LogP contribution in [0.3, 0.4) is 0 Å². The number of benzene rings is 3. The highest BCUT2D eigenvalue weighted by atomic mass is 79.9. The molecule has 1 aliphatic heterocycles. The Balaban J connectivity index is 1.37. The third-order valence-corrected chi connectivity index (χ3v) is 7.76. The molecule has 4 rings (SSSR count). The lowest BCUT2D eigenvalue weighted by atomic mass is 9.85. The van der Waals surface area contributed by atoms with Crippen molar-refractivity contribution in [2.24, 2.45) is 0 Å². The standard InChI is InChI=1S/C30H31BrClN3O4/c1-2-34(20-21-7-4-3-5-8-21)28(37)25-18-24(11-12-26(25)32)33-27(36)29(38)35-15-13-30(39,14-16-35)19-22-9-6-10-23(31)17-22/h3-12,17-18,39H,2,13-16,19-20H2,1H3,(H,33,36). The fraction of sp³-hybridized carbons (Fsp3) is 0.300. The lowest BCUT2D eigenvalue weighted by molar-refractivity contribution is -0.146. The Hall–Kier alpha value is -3.20. The molecule has 1 fully saturated rings. The maximum atomic E-state index is 13.3. The van der Waals surface area contributed by atoms with Crippen LogP contribution in [-0.4, -0.2) is 57.9 Å². The summed E-state index contributed by atoms with van der Waals surface area (Å²) >= 11 is 9.80. The number of rotatable bonds is 7. The van der Waals surface area contributed by atoms with E-state index in [1.54, 1.807) is 11.0 Å². The summed E-state index contributed by atoms with van der Waals surface area (Å²) in [4.78, 5) is 42.1. The topological polar surface area (TPSA) is 90.0 Å². The summed E-state index contributed by atoms with van der Waals surface area (Å²) in [5.74, 6) is -1.75. The summed E-state index contributed by atoms with van der Waals surface area (Å²) in [7, 11) is 0. The Morgan fingerprint density at radius 2 is 1.69 bits per heavy atom. The minimum Gasteiger partial charge on any atom is -0.389 e. The number of likely N-dealkylation sites (tertiary alicyclic amines) is 1. The van der Waals surface area contributed by atoms with Gasteiger partial charge in [0, 0.05) is 42.8 Å². The first-order valence-electron chi connectivity index (χ1n) is 12.9. The number of carbonyl (C=O) groups excluding carboxylic acids is 3. The Labute approximate surface area is 241 Å². The molecular weight excluding hydrogens is 582 g/mol. The van der Waals surface area contributed by atoms with Crippen LogP contribution in [0.4, 0.5) is 5.69 Å². The number of piperidine rings is 1. The fourth-order valence-electron chi connectivity index (χ4n) is 4.73. The van der Waals surface area contributed by atoms with Crippen LogP contribution in [0.5, 0.6) is 0 Å². The minimum absolute atomic E-state index is 0.246. The number of nitrogens with zero attached hydrogens (tertiary/aromatic N) is 2. The van der Waals surface area contributed by atoms with Gasteiger partial charge < -0.3 is 20.2 Å². The molecule has 3 aromatic carbocycles. The first kappa shape index (κ1) is 28.8. The highest BCUT2D eigenvalue weighted by molar-refractivity contribution is 9.10. The molecule has 1 aliphatic rings. The Kier molecular flexibility index (Phi) is 9.43. The van der Waals surface area contributed by atoms with E-state index in [2.05, 4.69) is 21.2 Å². The van der Waals surface area contributed by atoms with E-state index in [0.717, 1.165) is 15.6 Å². The van der Waals surface area contributed by atoms with E-state index in [-0.39, 0.29) is 29.6 Å². The van der Waals surface area contributed by atoms with Gasteiger partial charge in [0.1, 0.15) is 0 Å². The van der Waals surface area contributed by atoms with Crippen LogP contribution >= 0.6 is 27.5 Å². The first-order chi connectivity index (χ1) is 18.7. The van der Waals surface area contributed by atoms with Gasteiger partial charge in [0.25, 0.3) is 5.91 Å². The molecule has 0 unspecified atom stereocenters. The Morgan fingerprint density at radius 3 is 2.36 bits per heavy atom. The number of hydrogen-bond acceptors (Lipinski definition) is 4. The summed E-state index contributed by atoms with van der Waals surface area (Å²) in [5.41, 5.74) is 1.60. The van der Waals surface area contributed by atoms with E-state index >= 15 is 0 Å². The molecule has 39 heavy (non-hydrogen) atoms. The van der Waals surface area contributed by atoms with Crippen molar-refractivity contribution in [3.05, 3.63) is 99.0 Å². The van der Waals surface area contributed by atoms with Crippen LogP contribution in [-0.2, 0) is 22.6 Å². The van der Waals surface area contributed by atoms with Crippen LogP contribution in [0.2, 0.25) is 5.02 Å². The van der Waals surface area contributed by atoms with E-state index in [1.807, 2.05) is 61.5 Å². The number of anilines is 1. The summed E-state index contributed by atoms with van der Waals surface area (Å²) in [5, 5.41) is 13.9. The van der Waals surface area contributed by atoms with E-state index in [9.17, 15) is 19.5 Å². The van der Waals surface area contributed by atoms with Gasteiger partial charge >= 0.3 is 11.8 Å². The van der Waals surface area contributed by atoms with Gasteiger partial charge in [0.05, 0.1) is 16.2 Å². The summed E-state index contributed by atoms with van der Waals surface area (Å²) in [6, 6.07) is 22.0. The molecule has 204 valence electrons. The van der Waals surface area contributed by atoms with Crippen LogP contribution < -0.4 is 5.32 Å². The molecule has 3 amide bonds. The van der Waals surface area contributed by atoms with E-state index < -0.39 is 17.4 Å².